The lowest BCUT2D eigenvalue weighted by Gasteiger charge is -2.50. The van der Waals surface area contributed by atoms with Crippen LogP contribution in [-0.2, 0) is 28.5 Å². The van der Waals surface area contributed by atoms with Crippen LogP contribution in [0, 0.1) is 33.5 Å². The number of ether oxygens (including phenoxy) is 5. The summed E-state index contributed by atoms with van der Waals surface area (Å²) in [7, 11) is 3.43. The molecule has 7 unspecified atom stereocenters. The Morgan fingerprint density at radius 1 is 0.763 bits per heavy atom. The zero-order chi connectivity index (χ0) is 29.2. The molecule has 0 aliphatic heterocycles. The van der Waals surface area contributed by atoms with E-state index in [1.165, 1.54) is 0 Å². The van der Waals surface area contributed by atoms with Crippen molar-refractivity contribution in [2.45, 2.75) is 151 Å². The lowest BCUT2D eigenvalue weighted by atomic mass is 9.61. The number of hydrogen-bond donors (Lipinski definition) is 0. The van der Waals surface area contributed by atoms with Crippen molar-refractivity contribution in [3.8, 4) is 0 Å². The van der Waals surface area contributed by atoms with Crippen molar-refractivity contribution < 1.29 is 28.5 Å². The summed E-state index contributed by atoms with van der Waals surface area (Å²) >= 11 is 0. The normalized spacial score (nSPS) is 36.1. The van der Waals surface area contributed by atoms with Crippen LogP contribution in [-0.4, -0.2) is 49.6 Å². The van der Waals surface area contributed by atoms with Crippen LogP contribution in [0.5, 0.6) is 0 Å². The number of hydrogen-bond acceptors (Lipinski definition) is 6. The number of carbonyl (C=O) groups is 1. The van der Waals surface area contributed by atoms with Crippen molar-refractivity contribution >= 4 is 5.97 Å². The summed E-state index contributed by atoms with van der Waals surface area (Å²) in [5.74, 6) is 0.334. The summed E-state index contributed by atoms with van der Waals surface area (Å²) < 4.78 is 31.9. The van der Waals surface area contributed by atoms with Crippen molar-refractivity contribution in [3.63, 3.8) is 0 Å². The van der Waals surface area contributed by atoms with E-state index in [1.807, 2.05) is 0 Å². The summed E-state index contributed by atoms with van der Waals surface area (Å²) in [6.07, 6.45) is 4.17. The van der Waals surface area contributed by atoms with Gasteiger partial charge in [-0.3, -0.25) is 4.79 Å². The molecule has 0 heterocycles. The Balaban J connectivity index is 1.97. The molecule has 3 fully saturated rings. The van der Waals surface area contributed by atoms with Crippen molar-refractivity contribution in [1.82, 2.24) is 0 Å². The third kappa shape index (κ3) is 5.85. The largest absolute Gasteiger partial charge is 0.459 e. The number of esters is 1. The Bertz CT molecular complexity index is 870. The van der Waals surface area contributed by atoms with E-state index in [4.69, 9.17) is 23.7 Å². The SMILES string of the molecule is COC(OC12CC(C)(OC(=O)C(C)(CC(C)(C)C)C(C)(C)C)CC3(C1)CC3(OC(OC)C(C)C)C2)C(C)C. The molecule has 3 rings (SSSR count). The molecule has 0 radical (unpaired) electrons. The first-order chi connectivity index (χ1) is 17.1. The molecule has 0 amide bonds. The van der Waals surface area contributed by atoms with Gasteiger partial charge in [0.15, 0.2) is 12.6 Å². The Labute approximate surface area is 233 Å². The molecule has 3 saturated carbocycles. The first kappa shape index (κ1) is 31.8. The number of carbonyl (C=O) groups excluding carboxylic acids is 1. The van der Waals surface area contributed by atoms with E-state index in [0.29, 0.717) is 6.42 Å². The fraction of sp³-hybridized carbons (Fsp3) is 0.969. The first-order valence-electron chi connectivity index (χ1n) is 14.7. The van der Waals surface area contributed by atoms with Crippen LogP contribution in [0.3, 0.4) is 0 Å². The Morgan fingerprint density at radius 3 is 1.74 bits per heavy atom. The number of rotatable bonds is 11. The second-order valence-electron chi connectivity index (χ2n) is 16.4. The average molecular weight is 539 g/mol. The van der Waals surface area contributed by atoms with Gasteiger partial charge in [-0.25, -0.2) is 0 Å². The van der Waals surface area contributed by atoms with Crippen LogP contribution in [0.4, 0.5) is 0 Å². The highest BCUT2D eigenvalue weighted by Gasteiger charge is 2.82. The number of fused-ring (bicyclic) bond motifs is 1. The lowest BCUT2D eigenvalue weighted by Crippen LogP contribution is -2.53. The molecule has 2 bridgehead atoms. The zero-order valence-corrected chi connectivity index (χ0v) is 27.0. The van der Waals surface area contributed by atoms with Crippen LogP contribution >= 0.6 is 0 Å². The maximum absolute atomic E-state index is 14.2. The van der Waals surface area contributed by atoms with E-state index in [0.717, 1.165) is 32.1 Å². The fourth-order valence-electron chi connectivity index (χ4n) is 7.87. The van der Waals surface area contributed by atoms with Gasteiger partial charge in [-0.2, -0.15) is 0 Å². The van der Waals surface area contributed by atoms with E-state index in [-0.39, 0.29) is 52.2 Å². The number of methoxy groups -OCH3 is 2. The highest BCUT2D eigenvalue weighted by molar-refractivity contribution is 5.78. The van der Waals surface area contributed by atoms with Gasteiger partial charge in [0.2, 0.25) is 0 Å². The quantitative estimate of drug-likeness (QED) is 0.200. The van der Waals surface area contributed by atoms with Gasteiger partial charge in [0.05, 0.1) is 16.6 Å². The summed E-state index contributed by atoms with van der Waals surface area (Å²) in [4.78, 5) is 14.2. The Morgan fingerprint density at radius 2 is 1.29 bits per heavy atom. The van der Waals surface area contributed by atoms with Crippen molar-refractivity contribution in [2.24, 2.45) is 33.5 Å². The van der Waals surface area contributed by atoms with Gasteiger partial charge in [-0.05, 0) is 50.4 Å². The van der Waals surface area contributed by atoms with E-state index in [1.54, 1.807) is 14.2 Å². The highest BCUT2D eigenvalue weighted by Crippen LogP contribution is 2.79. The molecule has 0 aromatic heterocycles. The zero-order valence-electron chi connectivity index (χ0n) is 27.0. The standard InChI is InChI=1S/C32H58O6/c1-21(2)23(34-13)36-31-17-28(11,38-25(33)29(12,27(8,9)10)15-26(5,6)7)16-30(18-31)19-32(30,20-31)37-24(35-14)22(3)4/h21-24H,15-20H2,1-14H3. The molecule has 3 aliphatic carbocycles. The van der Waals surface area contributed by atoms with Crippen molar-refractivity contribution in [1.29, 1.82) is 0 Å². The molecular weight excluding hydrogens is 480 g/mol. The van der Waals surface area contributed by atoms with Gasteiger partial charge in [-0.1, -0.05) is 69.2 Å². The highest BCUT2D eigenvalue weighted by atomic mass is 16.7. The van der Waals surface area contributed by atoms with E-state index >= 15 is 0 Å². The molecule has 6 nitrogen and oxygen atoms in total. The monoisotopic (exact) mass is 538 g/mol. The summed E-state index contributed by atoms with van der Waals surface area (Å²) in [5, 5.41) is 0. The summed E-state index contributed by atoms with van der Waals surface area (Å²) in [5.41, 5.74) is -2.43. The molecule has 38 heavy (non-hydrogen) atoms. The Kier molecular flexibility index (Phi) is 8.37. The topological polar surface area (TPSA) is 63.2 Å². The second-order valence-corrected chi connectivity index (χ2v) is 16.4. The predicted octanol–water partition coefficient (Wildman–Crippen LogP) is 7.52. The van der Waals surface area contributed by atoms with Gasteiger partial charge in [0.1, 0.15) is 5.60 Å². The minimum Gasteiger partial charge on any atom is -0.459 e. The minimum absolute atomic E-state index is 0.00891. The van der Waals surface area contributed by atoms with E-state index in [2.05, 4.69) is 83.1 Å². The van der Waals surface area contributed by atoms with E-state index in [9.17, 15) is 4.79 Å². The van der Waals surface area contributed by atoms with Gasteiger partial charge >= 0.3 is 5.97 Å². The van der Waals surface area contributed by atoms with Crippen LogP contribution in [0.2, 0.25) is 0 Å². The molecule has 222 valence electrons. The summed E-state index contributed by atoms with van der Waals surface area (Å²) in [6.45, 7) is 25.7. The molecule has 0 aromatic rings. The van der Waals surface area contributed by atoms with Crippen molar-refractivity contribution in [2.75, 3.05) is 14.2 Å². The molecule has 0 aromatic carbocycles. The molecule has 3 aliphatic rings. The van der Waals surface area contributed by atoms with Crippen LogP contribution < -0.4 is 0 Å². The third-order valence-corrected chi connectivity index (χ3v) is 9.73. The van der Waals surface area contributed by atoms with Crippen LogP contribution in [0.15, 0.2) is 0 Å². The molecule has 6 heteroatoms. The average Bonchev–Trinajstić information content (AvgIpc) is 3.21. The molecule has 1 spiro atoms. The van der Waals surface area contributed by atoms with Gasteiger partial charge in [-0.15, -0.1) is 0 Å². The minimum atomic E-state index is -0.656. The first-order valence-corrected chi connectivity index (χ1v) is 14.7. The summed E-state index contributed by atoms with van der Waals surface area (Å²) in [6, 6.07) is 0. The predicted molar refractivity (Wildman–Crippen MR) is 151 cm³/mol. The molecule has 7 atom stereocenters. The third-order valence-electron chi connectivity index (χ3n) is 9.73. The molecule has 0 saturated heterocycles. The maximum Gasteiger partial charge on any atom is 0.312 e. The maximum atomic E-state index is 14.2. The second kappa shape index (κ2) is 9.99. The van der Waals surface area contributed by atoms with Gasteiger partial charge in [0.25, 0.3) is 0 Å². The van der Waals surface area contributed by atoms with E-state index < -0.39 is 16.6 Å². The molecular formula is C32H58O6. The van der Waals surface area contributed by atoms with Gasteiger partial charge < -0.3 is 23.7 Å². The smallest absolute Gasteiger partial charge is 0.312 e. The molecule has 0 N–H and O–H groups in total. The van der Waals surface area contributed by atoms with Crippen LogP contribution in [0.25, 0.3) is 0 Å². The van der Waals surface area contributed by atoms with Crippen LogP contribution in [0.1, 0.15) is 122 Å². The lowest BCUT2D eigenvalue weighted by molar-refractivity contribution is -0.251. The van der Waals surface area contributed by atoms with Gasteiger partial charge in [0, 0.05) is 44.3 Å². The fourth-order valence-corrected chi connectivity index (χ4v) is 7.87. The van der Waals surface area contributed by atoms with Crippen molar-refractivity contribution in [3.05, 3.63) is 0 Å². The Hall–Kier alpha value is -0.690.